The van der Waals surface area contributed by atoms with Gasteiger partial charge in [-0.25, -0.2) is 4.98 Å². The first kappa shape index (κ1) is 13.4. The minimum absolute atomic E-state index is 0.614. The minimum Gasteiger partial charge on any atom is -0.439 e. The number of benzene rings is 1. The minimum atomic E-state index is 0.614. The standard InChI is InChI=1S/C15H21N3O2/c1-18(8-11-4-3-7-19-10-11)9-14-17-15-12(16)5-2-6-13(15)20-14/h2,5-6,11H,3-4,7-10,16H2,1H3. The number of ether oxygens (including phenoxy) is 1. The van der Waals surface area contributed by atoms with Crippen LogP contribution in [0.3, 0.4) is 0 Å². The summed E-state index contributed by atoms with van der Waals surface area (Å²) in [6.45, 7) is 3.48. The van der Waals surface area contributed by atoms with Crippen molar-refractivity contribution in [1.29, 1.82) is 0 Å². The normalized spacial score (nSPS) is 19.8. The summed E-state index contributed by atoms with van der Waals surface area (Å²) in [7, 11) is 2.09. The molecule has 20 heavy (non-hydrogen) atoms. The lowest BCUT2D eigenvalue weighted by Gasteiger charge is -2.26. The van der Waals surface area contributed by atoms with Gasteiger partial charge in [0.25, 0.3) is 0 Å². The van der Waals surface area contributed by atoms with Crippen molar-refractivity contribution in [2.75, 3.05) is 32.5 Å². The van der Waals surface area contributed by atoms with Crippen LogP contribution in [0.4, 0.5) is 5.69 Å². The van der Waals surface area contributed by atoms with Crippen molar-refractivity contribution in [2.45, 2.75) is 19.4 Å². The molecule has 0 amide bonds. The van der Waals surface area contributed by atoms with Crippen LogP contribution in [-0.2, 0) is 11.3 Å². The highest BCUT2D eigenvalue weighted by Gasteiger charge is 2.17. The third-order valence-electron chi connectivity index (χ3n) is 3.72. The Morgan fingerprint density at radius 2 is 2.35 bits per heavy atom. The third-order valence-corrected chi connectivity index (χ3v) is 3.72. The van der Waals surface area contributed by atoms with Crippen molar-refractivity contribution in [3.63, 3.8) is 0 Å². The van der Waals surface area contributed by atoms with E-state index in [2.05, 4.69) is 16.9 Å². The van der Waals surface area contributed by atoms with Gasteiger partial charge in [0.2, 0.25) is 5.89 Å². The van der Waals surface area contributed by atoms with Gasteiger partial charge in [0.1, 0.15) is 5.52 Å². The third kappa shape index (κ3) is 2.94. The fraction of sp³-hybridized carbons (Fsp3) is 0.533. The lowest BCUT2D eigenvalue weighted by Crippen LogP contribution is -2.30. The van der Waals surface area contributed by atoms with Gasteiger partial charge in [-0.2, -0.15) is 0 Å². The monoisotopic (exact) mass is 275 g/mol. The van der Waals surface area contributed by atoms with Crippen molar-refractivity contribution < 1.29 is 9.15 Å². The molecule has 1 atom stereocenters. The van der Waals surface area contributed by atoms with Crippen molar-refractivity contribution in [1.82, 2.24) is 9.88 Å². The lowest BCUT2D eigenvalue weighted by atomic mass is 10.0. The second-order valence-corrected chi connectivity index (χ2v) is 5.58. The molecule has 0 saturated carbocycles. The Balaban J connectivity index is 1.64. The van der Waals surface area contributed by atoms with E-state index in [1.54, 1.807) is 0 Å². The first-order valence-corrected chi connectivity index (χ1v) is 7.12. The zero-order valence-corrected chi connectivity index (χ0v) is 11.8. The predicted octanol–water partition coefficient (Wildman–Crippen LogP) is 2.27. The maximum Gasteiger partial charge on any atom is 0.209 e. The van der Waals surface area contributed by atoms with E-state index in [9.17, 15) is 0 Å². The van der Waals surface area contributed by atoms with Gasteiger partial charge in [-0.15, -0.1) is 0 Å². The number of fused-ring (bicyclic) bond motifs is 1. The topological polar surface area (TPSA) is 64.5 Å². The molecule has 0 bridgehead atoms. The van der Waals surface area contributed by atoms with Crippen molar-refractivity contribution in [2.24, 2.45) is 5.92 Å². The van der Waals surface area contributed by atoms with Gasteiger partial charge in [0.15, 0.2) is 5.58 Å². The molecule has 2 N–H and O–H groups in total. The molecule has 1 aliphatic rings. The van der Waals surface area contributed by atoms with E-state index in [1.165, 1.54) is 6.42 Å². The molecule has 0 radical (unpaired) electrons. The van der Waals surface area contributed by atoms with Crippen molar-refractivity contribution >= 4 is 16.8 Å². The number of hydrogen-bond acceptors (Lipinski definition) is 5. The van der Waals surface area contributed by atoms with Crippen LogP contribution >= 0.6 is 0 Å². The van der Waals surface area contributed by atoms with E-state index >= 15 is 0 Å². The van der Waals surface area contributed by atoms with E-state index < -0.39 is 0 Å². The summed E-state index contributed by atoms with van der Waals surface area (Å²) in [6, 6.07) is 5.63. The first-order chi connectivity index (χ1) is 9.72. The second kappa shape index (κ2) is 5.81. The summed E-state index contributed by atoms with van der Waals surface area (Å²) in [5.41, 5.74) is 8.08. The van der Waals surface area contributed by atoms with Gasteiger partial charge >= 0.3 is 0 Å². The molecule has 0 spiro atoms. The Hall–Kier alpha value is -1.59. The number of nitrogens with zero attached hydrogens (tertiary/aromatic N) is 2. The number of nitrogen functional groups attached to an aromatic ring is 1. The van der Waals surface area contributed by atoms with Crippen LogP contribution in [0.5, 0.6) is 0 Å². The molecule has 5 nitrogen and oxygen atoms in total. The van der Waals surface area contributed by atoms with Crippen LogP contribution in [0, 0.1) is 5.92 Å². The Labute approximate surface area is 118 Å². The molecule has 5 heteroatoms. The van der Waals surface area contributed by atoms with Crippen LogP contribution in [0.15, 0.2) is 22.6 Å². The van der Waals surface area contributed by atoms with Crippen molar-refractivity contribution in [3.8, 4) is 0 Å². The second-order valence-electron chi connectivity index (χ2n) is 5.58. The van der Waals surface area contributed by atoms with E-state index in [4.69, 9.17) is 14.9 Å². The summed E-state index contributed by atoms with van der Waals surface area (Å²) >= 11 is 0. The molecule has 1 aliphatic heterocycles. The molecule has 2 heterocycles. The summed E-state index contributed by atoms with van der Waals surface area (Å²) in [5, 5.41) is 0. The number of nitrogens with two attached hydrogens (primary N) is 1. The number of aromatic nitrogens is 1. The maximum absolute atomic E-state index is 5.90. The van der Waals surface area contributed by atoms with Gasteiger partial charge in [0.05, 0.1) is 18.8 Å². The summed E-state index contributed by atoms with van der Waals surface area (Å²) < 4.78 is 11.3. The van der Waals surface area contributed by atoms with Crippen LogP contribution in [0.25, 0.3) is 11.1 Å². The van der Waals surface area contributed by atoms with Gasteiger partial charge in [-0.3, -0.25) is 4.90 Å². The molecule has 2 aromatic rings. The fourth-order valence-corrected chi connectivity index (χ4v) is 2.77. The average molecular weight is 275 g/mol. The Bertz CT molecular complexity index is 576. The fourth-order valence-electron chi connectivity index (χ4n) is 2.77. The first-order valence-electron chi connectivity index (χ1n) is 7.12. The SMILES string of the molecule is CN(Cc1nc2c(N)cccc2o1)CC1CCCOC1. The van der Waals surface area contributed by atoms with Crippen LogP contribution in [0.1, 0.15) is 18.7 Å². The molecule has 1 aromatic carbocycles. The van der Waals surface area contributed by atoms with Gasteiger partial charge in [-0.05, 0) is 37.9 Å². The van der Waals surface area contributed by atoms with Gasteiger partial charge < -0.3 is 14.9 Å². The number of para-hydroxylation sites is 1. The van der Waals surface area contributed by atoms with E-state index in [0.29, 0.717) is 18.2 Å². The number of oxazole rings is 1. The molecule has 108 valence electrons. The van der Waals surface area contributed by atoms with E-state index in [0.717, 1.165) is 43.2 Å². The summed E-state index contributed by atoms with van der Waals surface area (Å²) in [4.78, 5) is 6.72. The maximum atomic E-state index is 5.90. The Kier molecular flexibility index (Phi) is 3.89. The highest BCUT2D eigenvalue weighted by Crippen LogP contribution is 2.22. The molecule has 1 unspecified atom stereocenters. The molecular weight excluding hydrogens is 254 g/mol. The zero-order chi connectivity index (χ0) is 13.9. The molecule has 0 aliphatic carbocycles. The number of hydrogen-bond donors (Lipinski definition) is 1. The molecule has 3 rings (SSSR count). The quantitative estimate of drug-likeness (QED) is 0.867. The molecule has 1 aromatic heterocycles. The largest absolute Gasteiger partial charge is 0.439 e. The highest BCUT2D eigenvalue weighted by molar-refractivity contribution is 5.85. The summed E-state index contributed by atoms with van der Waals surface area (Å²) in [5.74, 6) is 1.33. The molecule has 1 fully saturated rings. The smallest absolute Gasteiger partial charge is 0.209 e. The van der Waals surface area contributed by atoms with Crippen LogP contribution in [-0.4, -0.2) is 36.7 Å². The van der Waals surface area contributed by atoms with E-state index in [1.807, 2.05) is 18.2 Å². The summed E-state index contributed by atoms with van der Waals surface area (Å²) in [6.07, 6.45) is 2.41. The number of anilines is 1. The Morgan fingerprint density at radius 3 is 3.10 bits per heavy atom. The predicted molar refractivity (Wildman–Crippen MR) is 78.3 cm³/mol. The zero-order valence-electron chi connectivity index (χ0n) is 11.8. The molecule has 1 saturated heterocycles. The Morgan fingerprint density at radius 1 is 1.45 bits per heavy atom. The average Bonchev–Trinajstić information content (AvgIpc) is 2.83. The van der Waals surface area contributed by atoms with Gasteiger partial charge in [0, 0.05) is 13.2 Å². The number of rotatable bonds is 4. The lowest BCUT2D eigenvalue weighted by molar-refractivity contribution is 0.0402. The van der Waals surface area contributed by atoms with Crippen LogP contribution in [0.2, 0.25) is 0 Å². The highest BCUT2D eigenvalue weighted by atomic mass is 16.5. The van der Waals surface area contributed by atoms with Gasteiger partial charge in [-0.1, -0.05) is 6.07 Å². The van der Waals surface area contributed by atoms with Crippen LogP contribution < -0.4 is 5.73 Å². The van der Waals surface area contributed by atoms with E-state index in [-0.39, 0.29) is 0 Å². The molecular formula is C15H21N3O2. The van der Waals surface area contributed by atoms with Crippen molar-refractivity contribution in [3.05, 3.63) is 24.1 Å².